The molecule has 0 bridgehead atoms. The lowest BCUT2D eigenvalue weighted by atomic mass is 10.0. The number of benzene rings is 2. The molecule has 136 valence electrons. The number of anilines is 1. The van der Waals surface area contributed by atoms with Crippen LogP contribution in [0.5, 0.6) is 5.75 Å². The van der Waals surface area contributed by atoms with Crippen LogP contribution in [0.2, 0.25) is 0 Å². The van der Waals surface area contributed by atoms with Crippen molar-refractivity contribution in [1.82, 2.24) is 0 Å². The number of hydrogen-bond donors (Lipinski definition) is 2. The predicted molar refractivity (Wildman–Crippen MR) is 117 cm³/mol. The van der Waals surface area contributed by atoms with Gasteiger partial charge in [0.05, 0.1) is 6.10 Å². The van der Waals surface area contributed by atoms with Crippen molar-refractivity contribution in [1.29, 1.82) is 0 Å². The van der Waals surface area contributed by atoms with E-state index < -0.39 is 0 Å². The second-order valence-electron chi connectivity index (χ2n) is 6.26. The third kappa shape index (κ3) is 7.34. The smallest absolute Gasteiger partial charge is 0.193 e. The lowest BCUT2D eigenvalue weighted by molar-refractivity contribution is 0.242. The minimum Gasteiger partial charge on any atom is -0.491 e. The van der Waals surface area contributed by atoms with Crippen LogP contribution in [-0.4, -0.2) is 18.6 Å². The van der Waals surface area contributed by atoms with E-state index in [1.807, 2.05) is 38.1 Å². The maximum atomic E-state index is 5.96. The fourth-order valence-corrected chi connectivity index (χ4v) is 2.50. The van der Waals surface area contributed by atoms with Gasteiger partial charge in [-0.2, -0.15) is 0 Å². The Morgan fingerprint density at radius 1 is 1.12 bits per heavy atom. The Balaban J connectivity index is 0.00000312. The molecular formula is C20H28IN3O. The summed E-state index contributed by atoms with van der Waals surface area (Å²) in [6.45, 7) is 8.92. The average molecular weight is 453 g/mol. The molecule has 4 nitrogen and oxygen atoms in total. The fraction of sp³-hybridized carbons (Fsp3) is 0.350. The Kier molecular flexibility index (Phi) is 8.75. The molecule has 5 heteroatoms. The largest absolute Gasteiger partial charge is 0.491 e. The van der Waals surface area contributed by atoms with Crippen molar-refractivity contribution < 1.29 is 4.74 Å². The number of hydrogen-bond acceptors (Lipinski definition) is 2. The molecule has 3 N–H and O–H groups in total. The topological polar surface area (TPSA) is 59.6 Å². The van der Waals surface area contributed by atoms with Gasteiger partial charge >= 0.3 is 0 Å². The second kappa shape index (κ2) is 10.3. The van der Waals surface area contributed by atoms with E-state index in [9.17, 15) is 0 Å². The maximum absolute atomic E-state index is 5.96. The molecule has 2 rings (SSSR count). The number of ether oxygens (including phenoxy) is 1. The van der Waals surface area contributed by atoms with Gasteiger partial charge < -0.3 is 15.8 Å². The zero-order chi connectivity index (χ0) is 17.5. The third-order valence-corrected chi connectivity index (χ3v) is 3.66. The van der Waals surface area contributed by atoms with Gasteiger partial charge in [0.25, 0.3) is 0 Å². The van der Waals surface area contributed by atoms with Gasteiger partial charge in [0, 0.05) is 12.2 Å². The van der Waals surface area contributed by atoms with Gasteiger partial charge in [-0.1, -0.05) is 23.8 Å². The highest BCUT2D eigenvalue weighted by molar-refractivity contribution is 14.0. The van der Waals surface area contributed by atoms with Crippen LogP contribution in [0.15, 0.2) is 47.5 Å². The fourth-order valence-electron chi connectivity index (χ4n) is 2.50. The van der Waals surface area contributed by atoms with E-state index in [0.717, 1.165) is 17.9 Å². The molecule has 0 heterocycles. The molecule has 2 aromatic rings. The maximum Gasteiger partial charge on any atom is 0.193 e. The van der Waals surface area contributed by atoms with Crippen LogP contribution in [0, 0.1) is 13.8 Å². The van der Waals surface area contributed by atoms with E-state index in [1.165, 1.54) is 16.7 Å². The summed E-state index contributed by atoms with van der Waals surface area (Å²) in [6.07, 6.45) is 1.05. The van der Waals surface area contributed by atoms with Crippen molar-refractivity contribution >= 4 is 35.6 Å². The number of nitrogens with zero attached hydrogens (tertiary/aromatic N) is 1. The van der Waals surface area contributed by atoms with E-state index >= 15 is 0 Å². The Morgan fingerprint density at radius 3 is 2.40 bits per heavy atom. The molecule has 0 spiro atoms. The molecule has 0 aliphatic rings. The molecule has 0 aliphatic carbocycles. The first kappa shape index (κ1) is 21.3. The van der Waals surface area contributed by atoms with Gasteiger partial charge in [-0.25, -0.2) is 0 Å². The van der Waals surface area contributed by atoms with Crippen LogP contribution in [0.4, 0.5) is 5.69 Å². The predicted octanol–water partition coefficient (Wildman–Crippen LogP) is 4.68. The number of guanidine groups is 1. The average Bonchev–Trinajstić information content (AvgIpc) is 2.51. The highest BCUT2D eigenvalue weighted by Crippen LogP contribution is 2.16. The Morgan fingerprint density at radius 2 is 1.80 bits per heavy atom. The lowest BCUT2D eigenvalue weighted by Crippen LogP contribution is -2.23. The number of nitrogens with two attached hydrogens (primary N) is 1. The summed E-state index contributed by atoms with van der Waals surface area (Å²) in [5.41, 5.74) is 10.8. The van der Waals surface area contributed by atoms with Crippen LogP contribution in [0.25, 0.3) is 0 Å². The van der Waals surface area contributed by atoms with Crippen molar-refractivity contribution in [2.45, 2.75) is 40.2 Å². The first-order chi connectivity index (χ1) is 11.4. The second-order valence-corrected chi connectivity index (χ2v) is 6.26. The molecule has 0 unspecified atom stereocenters. The first-order valence-corrected chi connectivity index (χ1v) is 8.34. The molecule has 25 heavy (non-hydrogen) atoms. The molecule has 0 aromatic heterocycles. The molecular weight excluding hydrogens is 425 g/mol. The van der Waals surface area contributed by atoms with Gasteiger partial charge in [-0.05, 0) is 69.5 Å². The SMILES string of the molecule is Cc1ccc(CCN=C(N)Nc2ccc(OC(C)C)cc2)c(C)c1.I. The van der Waals surface area contributed by atoms with E-state index in [1.54, 1.807) is 0 Å². The van der Waals surface area contributed by atoms with Crippen LogP contribution < -0.4 is 15.8 Å². The molecule has 0 radical (unpaired) electrons. The Hall–Kier alpha value is -1.76. The van der Waals surface area contributed by atoms with Gasteiger partial charge in [-0.15, -0.1) is 24.0 Å². The normalized spacial score (nSPS) is 11.2. The zero-order valence-electron chi connectivity index (χ0n) is 15.4. The van der Waals surface area contributed by atoms with Crippen molar-refractivity contribution in [3.8, 4) is 5.75 Å². The van der Waals surface area contributed by atoms with Crippen LogP contribution in [0.3, 0.4) is 0 Å². The number of nitrogens with one attached hydrogen (secondary N) is 1. The molecule has 0 amide bonds. The summed E-state index contributed by atoms with van der Waals surface area (Å²) in [7, 11) is 0. The summed E-state index contributed by atoms with van der Waals surface area (Å²) in [5, 5.41) is 3.10. The first-order valence-electron chi connectivity index (χ1n) is 8.34. The van der Waals surface area contributed by atoms with E-state index in [-0.39, 0.29) is 30.1 Å². The van der Waals surface area contributed by atoms with E-state index in [2.05, 4.69) is 42.4 Å². The minimum absolute atomic E-state index is 0. The van der Waals surface area contributed by atoms with Crippen LogP contribution in [-0.2, 0) is 6.42 Å². The molecule has 0 saturated carbocycles. The number of aryl methyl sites for hydroxylation is 2. The van der Waals surface area contributed by atoms with E-state index in [0.29, 0.717) is 12.5 Å². The standard InChI is InChI=1S/C20H27N3O.HI/c1-14(2)24-19-9-7-18(8-10-19)23-20(21)22-12-11-17-6-5-15(3)13-16(17)4;/h5-10,13-14H,11-12H2,1-4H3,(H3,21,22,23);1H. The summed E-state index contributed by atoms with van der Waals surface area (Å²) in [6, 6.07) is 14.2. The quantitative estimate of drug-likeness (QED) is 0.380. The molecule has 0 saturated heterocycles. The summed E-state index contributed by atoms with van der Waals surface area (Å²) >= 11 is 0. The molecule has 0 atom stereocenters. The van der Waals surface area contributed by atoms with Gasteiger partial charge in [-0.3, -0.25) is 4.99 Å². The van der Waals surface area contributed by atoms with Crippen molar-refractivity contribution in [2.24, 2.45) is 10.7 Å². The monoisotopic (exact) mass is 453 g/mol. The number of rotatable bonds is 6. The van der Waals surface area contributed by atoms with Gasteiger partial charge in [0.15, 0.2) is 5.96 Å². The highest BCUT2D eigenvalue weighted by Gasteiger charge is 2.01. The minimum atomic E-state index is 0. The highest BCUT2D eigenvalue weighted by atomic mass is 127. The van der Waals surface area contributed by atoms with Crippen molar-refractivity contribution in [3.63, 3.8) is 0 Å². The molecule has 0 aliphatic heterocycles. The number of aliphatic imine (C=N–C) groups is 1. The number of halogens is 1. The molecule has 2 aromatic carbocycles. The van der Waals surface area contributed by atoms with Crippen LogP contribution >= 0.6 is 24.0 Å². The zero-order valence-corrected chi connectivity index (χ0v) is 17.7. The Bertz CT molecular complexity index is 697. The van der Waals surface area contributed by atoms with Crippen molar-refractivity contribution in [3.05, 3.63) is 59.2 Å². The van der Waals surface area contributed by atoms with Gasteiger partial charge in [0.1, 0.15) is 5.75 Å². The lowest BCUT2D eigenvalue weighted by Gasteiger charge is -2.11. The summed E-state index contributed by atoms with van der Waals surface area (Å²) < 4.78 is 5.62. The third-order valence-electron chi connectivity index (χ3n) is 3.66. The Labute approximate surface area is 167 Å². The summed E-state index contributed by atoms with van der Waals surface area (Å²) in [4.78, 5) is 4.40. The summed E-state index contributed by atoms with van der Waals surface area (Å²) in [5.74, 6) is 1.28. The van der Waals surface area contributed by atoms with Crippen LogP contribution in [0.1, 0.15) is 30.5 Å². The van der Waals surface area contributed by atoms with E-state index in [4.69, 9.17) is 10.5 Å². The molecule has 0 fully saturated rings. The van der Waals surface area contributed by atoms with Gasteiger partial charge in [0.2, 0.25) is 0 Å². The van der Waals surface area contributed by atoms with Crippen molar-refractivity contribution in [2.75, 3.05) is 11.9 Å².